The van der Waals surface area contributed by atoms with Gasteiger partial charge in [0.05, 0.1) is 5.41 Å². The second-order valence-corrected chi connectivity index (χ2v) is 6.46. The van der Waals surface area contributed by atoms with E-state index in [0.717, 1.165) is 32.1 Å². The van der Waals surface area contributed by atoms with Gasteiger partial charge in [-0.25, -0.2) is 0 Å². The Balaban J connectivity index is 2.19. The minimum Gasteiger partial charge on any atom is -0.355 e. The maximum absolute atomic E-state index is 12.7. The van der Waals surface area contributed by atoms with Gasteiger partial charge in [-0.3, -0.25) is 4.79 Å². The number of amides is 1. The molecule has 3 N–H and O–H groups in total. The Morgan fingerprint density at radius 3 is 2.38 bits per heavy atom. The van der Waals surface area contributed by atoms with Gasteiger partial charge in [-0.2, -0.15) is 0 Å². The van der Waals surface area contributed by atoms with E-state index in [0.29, 0.717) is 19.0 Å². The fourth-order valence-electron chi connectivity index (χ4n) is 3.29. The average Bonchev–Trinajstić information content (AvgIpc) is 2.98. The normalized spacial score (nSPS) is 17.1. The summed E-state index contributed by atoms with van der Waals surface area (Å²) < 4.78 is 0. The monoisotopic (exact) mass is 288 g/mol. The van der Waals surface area contributed by atoms with Crippen LogP contribution in [0.1, 0.15) is 63.0 Å². The van der Waals surface area contributed by atoms with Crippen molar-refractivity contribution in [3.63, 3.8) is 0 Å². The van der Waals surface area contributed by atoms with E-state index in [2.05, 4.69) is 43.4 Å². The molecule has 0 aliphatic heterocycles. The summed E-state index contributed by atoms with van der Waals surface area (Å²) in [6.45, 7) is 5.69. The minimum absolute atomic E-state index is 0.186. The van der Waals surface area contributed by atoms with Crippen LogP contribution < -0.4 is 11.1 Å². The lowest BCUT2D eigenvalue weighted by atomic mass is 9.77. The van der Waals surface area contributed by atoms with E-state index in [4.69, 9.17) is 5.73 Å². The van der Waals surface area contributed by atoms with Gasteiger partial charge in [-0.05, 0) is 42.9 Å². The molecule has 2 rings (SSSR count). The molecule has 0 heterocycles. The highest BCUT2D eigenvalue weighted by molar-refractivity contribution is 5.88. The fraction of sp³-hybridized carbons (Fsp3) is 0.611. The van der Waals surface area contributed by atoms with Crippen molar-refractivity contribution in [1.29, 1.82) is 0 Å². The van der Waals surface area contributed by atoms with Crippen molar-refractivity contribution in [2.45, 2.75) is 57.3 Å². The molecule has 1 aliphatic carbocycles. The van der Waals surface area contributed by atoms with E-state index in [-0.39, 0.29) is 11.3 Å². The fourth-order valence-corrected chi connectivity index (χ4v) is 3.29. The van der Waals surface area contributed by atoms with E-state index >= 15 is 0 Å². The van der Waals surface area contributed by atoms with Crippen LogP contribution in [0.4, 0.5) is 0 Å². The second kappa shape index (κ2) is 7.08. The van der Waals surface area contributed by atoms with Crippen molar-refractivity contribution in [2.24, 2.45) is 5.73 Å². The summed E-state index contributed by atoms with van der Waals surface area (Å²) in [6, 6.07) is 8.66. The first-order chi connectivity index (χ1) is 10.1. The molecule has 21 heavy (non-hydrogen) atoms. The predicted octanol–water partition coefficient (Wildman–Crippen LogP) is 3.09. The Hall–Kier alpha value is -1.35. The molecule has 1 fully saturated rings. The number of nitrogens with one attached hydrogen (secondary N) is 1. The van der Waals surface area contributed by atoms with Gasteiger partial charge in [0.2, 0.25) is 5.91 Å². The first-order valence-electron chi connectivity index (χ1n) is 8.19. The maximum atomic E-state index is 12.7. The molecule has 0 radical (unpaired) electrons. The Morgan fingerprint density at radius 1 is 1.24 bits per heavy atom. The summed E-state index contributed by atoms with van der Waals surface area (Å²) in [5.74, 6) is 0.711. The number of benzene rings is 1. The third kappa shape index (κ3) is 3.46. The topological polar surface area (TPSA) is 55.1 Å². The van der Waals surface area contributed by atoms with E-state index in [9.17, 15) is 4.79 Å². The Bertz CT molecular complexity index is 459. The van der Waals surface area contributed by atoms with Crippen LogP contribution in [0.5, 0.6) is 0 Å². The molecule has 0 unspecified atom stereocenters. The van der Waals surface area contributed by atoms with Crippen molar-refractivity contribution >= 4 is 5.91 Å². The zero-order valence-electron chi connectivity index (χ0n) is 13.3. The van der Waals surface area contributed by atoms with Gasteiger partial charge in [0.15, 0.2) is 0 Å². The predicted molar refractivity (Wildman–Crippen MR) is 87.4 cm³/mol. The van der Waals surface area contributed by atoms with Crippen LogP contribution in [-0.2, 0) is 10.2 Å². The maximum Gasteiger partial charge on any atom is 0.230 e. The Labute approximate surface area is 128 Å². The van der Waals surface area contributed by atoms with Crippen LogP contribution in [0, 0.1) is 0 Å². The number of rotatable bonds is 6. The van der Waals surface area contributed by atoms with Crippen LogP contribution in [0.2, 0.25) is 0 Å². The van der Waals surface area contributed by atoms with Crippen LogP contribution in [-0.4, -0.2) is 19.0 Å². The molecule has 0 spiro atoms. The zero-order valence-corrected chi connectivity index (χ0v) is 13.3. The van der Waals surface area contributed by atoms with E-state index in [1.54, 1.807) is 0 Å². The van der Waals surface area contributed by atoms with Crippen molar-refractivity contribution in [3.8, 4) is 0 Å². The summed E-state index contributed by atoms with van der Waals surface area (Å²) in [5.41, 5.74) is 7.70. The standard InChI is InChI=1S/C18H28N2O/c1-14(2)15-6-8-16(9-7-15)18(10-3-4-11-18)17(21)20-13-5-12-19/h6-9,14H,3-5,10-13,19H2,1-2H3,(H,20,21). The molecule has 0 bridgehead atoms. The number of carbonyl (C=O) groups is 1. The highest BCUT2D eigenvalue weighted by Gasteiger charge is 2.42. The lowest BCUT2D eigenvalue weighted by Gasteiger charge is -2.28. The minimum atomic E-state index is -0.315. The summed E-state index contributed by atoms with van der Waals surface area (Å²) in [6.07, 6.45) is 5.03. The Morgan fingerprint density at radius 2 is 1.86 bits per heavy atom. The summed E-state index contributed by atoms with van der Waals surface area (Å²) in [5, 5.41) is 3.08. The van der Waals surface area contributed by atoms with E-state index in [1.165, 1.54) is 11.1 Å². The number of hydrogen-bond donors (Lipinski definition) is 2. The molecular weight excluding hydrogens is 260 g/mol. The van der Waals surface area contributed by atoms with Crippen molar-refractivity contribution in [1.82, 2.24) is 5.32 Å². The quantitative estimate of drug-likeness (QED) is 0.790. The summed E-state index contributed by atoms with van der Waals surface area (Å²) >= 11 is 0. The van der Waals surface area contributed by atoms with Gasteiger partial charge in [-0.15, -0.1) is 0 Å². The van der Waals surface area contributed by atoms with Crippen molar-refractivity contribution < 1.29 is 4.79 Å². The molecule has 3 nitrogen and oxygen atoms in total. The van der Waals surface area contributed by atoms with Crippen LogP contribution >= 0.6 is 0 Å². The third-order valence-electron chi connectivity index (χ3n) is 4.69. The number of nitrogens with two attached hydrogens (primary N) is 1. The second-order valence-electron chi connectivity index (χ2n) is 6.46. The molecule has 1 aromatic rings. The highest BCUT2D eigenvalue weighted by Crippen LogP contribution is 2.41. The van der Waals surface area contributed by atoms with Gasteiger partial charge in [0.1, 0.15) is 0 Å². The van der Waals surface area contributed by atoms with Crippen LogP contribution in [0.3, 0.4) is 0 Å². The molecule has 1 saturated carbocycles. The zero-order chi connectivity index (χ0) is 15.3. The third-order valence-corrected chi connectivity index (χ3v) is 4.69. The van der Waals surface area contributed by atoms with Crippen molar-refractivity contribution in [3.05, 3.63) is 35.4 Å². The molecule has 0 aromatic heterocycles. The lowest BCUT2D eigenvalue weighted by molar-refractivity contribution is -0.126. The smallest absolute Gasteiger partial charge is 0.230 e. The molecule has 1 aromatic carbocycles. The molecular formula is C18H28N2O. The SMILES string of the molecule is CC(C)c1ccc(C2(C(=O)NCCCN)CCCC2)cc1. The van der Waals surface area contributed by atoms with E-state index in [1.807, 2.05) is 0 Å². The first-order valence-corrected chi connectivity index (χ1v) is 8.19. The van der Waals surface area contributed by atoms with Crippen LogP contribution in [0.15, 0.2) is 24.3 Å². The summed E-state index contributed by atoms with van der Waals surface area (Å²) in [4.78, 5) is 12.7. The molecule has 116 valence electrons. The molecule has 3 heteroatoms. The van der Waals surface area contributed by atoms with Crippen molar-refractivity contribution in [2.75, 3.05) is 13.1 Å². The molecule has 0 atom stereocenters. The number of hydrogen-bond acceptors (Lipinski definition) is 2. The lowest BCUT2D eigenvalue weighted by Crippen LogP contribution is -2.43. The molecule has 0 saturated heterocycles. The van der Waals surface area contributed by atoms with Gasteiger partial charge >= 0.3 is 0 Å². The van der Waals surface area contributed by atoms with Crippen LogP contribution in [0.25, 0.3) is 0 Å². The van der Waals surface area contributed by atoms with Gasteiger partial charge in [0, 0.05) is 6.54 Å². The molecule has 1 aliphatic rings. The van der Waals surface area contributed by atoms with Gasteiger partial charge in [-0.1, -0.05) is 51.0 Å². The van der Waals surface area contributed by atoms with Gasteiger partial charge in [0.25, 0.3) is 0 Å². The number of carbonyl (C=O) groups excluding carboxylic acids is 1. The summed E-state index contributed by atoms with van der Waals surface area (Å²) in [7, 11) is 0. The highest BCUT2D eigenvalue weighted by atomic mass is 16.2. The average molecular weight is 288 g/mol. The first kappa shape index (κ1) is 16.0. The largest absolute Gasteiger partial charge is 0.355 e. The molecule has 1 amide bonds. The Kier molecular flexibility index (Phi) is 5.40. The van der Waals surface area contributed by atoms with Gasteiger partial charge < -0.3 is 11.1 Å². The van der Waals surface area contributed by atoms with E-state index < -0.39 is 0 Å².